The number of rotatable bonds is 2. The fourth-order valence-corrected chi connectivity index (χ4v) is 1.09. The van der Waals surface area contributed by atoms with E-state index in [0.29, 0.717) is 6.29 Å². The van der Waals surface area contributed by atoms with E-state index in [1.165, 1.54) is 4.90 Å². The summed E-state index contributed by atoms with van der Waals surface area (Å²) in [4.78, 5) is 33.5. The van der Waals surface area contributed by atoms with Crippen LogP contribution in [0.15, 0.2) is 0 Å². The van der Waals surface area contributed by atoms with E-state index in [2.05, 4.69) is 5.32 Å². The van der Waals surface area contributed by atoms with E-state index in [1.54, 1.807) is 6.92 Å². The summed E-state index contributed by atoms with van der Waals surface area (Å²) >= 11 is 0. The molecule has 1 saturated heterocycles. The van der Waals surface area contributed by atoms with Gasteiger partial charge in [0.2, 0.25) is 11.8 Å². The van der Waals surface area contributed by atoms with Crippen molar-refractivity contribution in [2.24, 2.45) is 0 Å². The largest absolute Gasteiger partial charge is 0.302 e. The Morgan fingerprint density at radius 3 is 2.92 bits per heavy atom. The van der Waals surface area contributed by atoms with Gasteiger partial charge in [-0.1, -0.05) is 0 Å². The number of hydrogen-bond acceptors (Lipinski definition) is 4. The number of carbonyl (C=O) groups is 3. The lowest BCUT2D eigenvalue weighted by Gasteiger charge is -2.29. The van der Waals surface area contributed by atoms with Gasteiger partial charge < -0.3 is 4.79 Å². The highest BCUT2D eigenvalue weighted by Crippen LogP contribution is 2.02. The Balaban J connectivity index is 2.65. The molecule has 0 aromatic carbocycles. The smallest absolute Gasteiger partial charge is 0.243 e. The van der Waals surface area contributed by atoms with E-state index in [-0.39, 0.29) is 24.9 Å². The lowest BCUT2D eigenvalue weighted by molar-refractivity contribution is -0.139. The van der Waals surface area contributed by atoms with Crippen LogP contribution in [0.25, 0.3) is 0 Å². The van der Waals surface area contributed by atoms with Crippen molar-refractivity contribution in [1.29, 1.82) is 0 Å². The molecule has 0 spiro atoms. The minimum Gasteiger partial charge on any atom is -0.302 e. The molecule has 0 aliphatic carbocycles. The molecular weight excluding hydrogens is 160 g/mol. The Morgan fingerprint density at radius 2 is 2.33 bits per heavy atom. The molecule has 1 heterocycles. The van der Waals surface area contributed by atoms with Crippen LogP contribution in [0.2, 0.25) is 0 Å². The number of carbonyl (C=O) groups excluding carboxylic acids is 3. The van der Waals surface area contributed by atoms with E-state index < -0.39 is 6.04 Å². The van der Waals surface area contributed by atoms with Gasteiger partial charge in [-0.25, -0.2) is 0 Å². The van der Waals surface area contributed by atoms with E-state index >= 15 is 0 Å². The number of piperazine rings is 1. The van der Waals surface area contributed by atoms with E-state index in [1.807, 2.05) is 0 Å². The average Bonchev–Trinajstić information content (AvgIpc) is 2.00. The highest BCUT2D eigenvalue weighted by Gasteiger charge is 2.29. The van der Waals surface area contributed by atoms with Gasteiger partial charge in [0.25, 0.3) is 0 Å². The summed E-state index contributed by atoms with van der Waals surface area (Å²) in [6.45, 7) is 1.90. The van der Waals surface area contributed by atoms with Crippen LogP contribution in [-0.2, 0) is 14.4 Å². The average molecular weight is 170 g/mol. The molecule has 66 valence electrons. The summed E-state index contributed by atoms with van der Waals surface area (Å²) in [5.74, 6) is -0.687. The minimum atomic E-state index is -0.395. The fraction of sp³-hybridized carbons (Fsp3) is 0.571. The molecule has 5 heteroatoms. The number of aldehydes is 1. The third-order valence-corrected chi connectivity index (χ3v) is 1.85. The normalized spacial score (nSPS) is 25.2. The first-order valence-electron chi connectivity index (χ1n) is 3.66. The summed E-state index contributed by atoms with van der Waals surface area (Å²) in [7, 11) is 0. The zero-order valence-corrected chi connectivity index (χ0v) is 6.74. The van der Waals surface area contributed by atoms with Crippen LogP contribution >= 0.6 is 0 Å². The molecule has 0 bridgehead atoms. The van der Waals surface area contributed by atoms with E-state index in [9.17, 15) is 14.4 Å². The first kappa shape index (κ1) is 8.86. The summed E-state index contributed by atoms with van der Waals surface area (Å²) in [6, 6.07) is -0.395. The third kappa shape index (κ3) is 1.68. The van der Waals surface area contributed by atoms with Crippen molar-refractivity contribution >= 4 is 18.1 Å². The van der Waals surface area contributed by atoms with Crippen LogP contribution in [0.4, 0.5) is 0 Å². The monoisotopic (exact) mass is 170 g/mol. The quantitative estimate of drug-likeness (QED) is 0.406. The highest BCUT2D eigenvalue weighted by molar-refractivity contribution is 6.01. The zero-order chi connectivity index (χ0) is 9.14. The topological polar surface area (TPSA) is 66.5 Å². The van der Waals surface area contributed by atoms with E-state index in [4.69, 9.17) is 0 Å². The number of nitrogens with one attached hydrogen (secondary N) is 1. The number of nitrogens with zero attached hydrogens (tertiary/aromatic N) is 1. The van der Waals surface area contributed by atoms with Gasteiger partial charge in [0.15, 0.2) is 0 Å². The molecule has 1 atom stereocenters. The summed E-state index contributed by atoms with van der Waals surface area (Å²) in [5, 5.41) is 2.18. The molecule has 1 aliphatic heterocycles. The van der Waals surface area contributed by atoms with Gasteiger partial charge in [-0.05, 0) is 6.92 Å². The molecule has 0 saturated carbocycles. The van der Waals surface area contributed by atoms with Crippen LogP contribution < -0.4 is 5.32 Å². The van der Waals surface area contributed by atoms with Crippen molar-refractivity contribution in [3.05, 3.63) is 0 Å². The van der Waals surface area contributed by atoms with Crippen LogP contribution in [0.1, 0.15) is 6.92 Å². The molecule has 1 unspecified atom stereocenters. The van der Waals surface area contributed by atoms with Crippen molar-refractivity contribution in [2.75, 3.05) is 13.1 Å². The maximum atomic E-state index is 11.0. The van der Waals surface area contributed by atoms with Gasteiger partial charge in [0.05, 0.1) is 19.1 Å². The molecule has 0 radical (unpaired) electrons. The second-order valence-electron chi connectivity index (χ2n) is 2.68. The minimum absolute atomic E-state index is 0.117. The van der Waals surface area contributed by atoms with Crippen molar-refractivity contribution in [1.82, 2.24) is 10.2 Å². The van der Waals surface area contributed by atoms with Gasteiger partial charge in [-0.15, -0.1) is 0 Å². The van der Waals surface area contributed by atoms with Gasteiger partial charge >= 0.3 is 0 Å². The molecule has 1 fully saturated rings. The Labute approximate surface area is 69.7 Å². The third-order valence-electron chi connectivity index (χ3n) is 1.85. The Kier molecular flexibility index (Phi) is 2.54. The Bertz CT molecular complexity index is 227. The molecule has 1 N–H and O–H groups in total. The first-order valence-corrected chi connectivity index (χ1v) is 3.66. The van der Waals surface area contributed by atoms with Gasteiger partial charge in [-0.3, -0.25) is 19.8 Å². The fourth-order valence-electron chi connectivity index (χ4n) is 1.09. The molecule has 1 aliphatic rings. The standard InChI is InChI=1S/C7H10N2O3/c1-5-7(12)8-6(11)4-9(5)2-3-10/h3,5H,2,4H2,1H3,(H,8,11,12). The second kappa shape index (κ2) is 3.44. The van der Waals surface area contributed by atoms with Crippen LogP contribution in [0, 0.1) is 0 Å². The Hall–Kier alpha value is -1.23. The number of imide groups is 1. The van der Waals surface area contributed by atoms with E-state index in [0.717, 1.165) is 0 Å². The van der Waals surface area contributed by atoms with Crippen molar-refractivity contribution in [2.45, 2.75) is 13.0 Å². The molecular formula is C7H10N2O3. The lowest BCUT2D eigenvalue weighted by Crippen LogP contribution is -2.57. The second-order valence-corrected chi connectivity index (χ2v) is 2.68. The maximum Gasteiger partial charge on any atom is 0.243 e. The molecule has 0 aromatic heterocycles. The van der Waals surface area contributed by atoms with Crippen molar-refractivity contribution in [3.63, 3.8) is 0 Å². The SMILES string of the molecule is CC1C(=O)NC(=O)CN1CC=O. The molecule has 1 rings (SSSR count). The molecule has 12 heavy (non-hydrogen) atoms. The number of amides is 2. The molecule has 5 nitrogen and oxygen atoms in total. The molecule has 2 amide bonds. The van der Waals surface area contributed by atoms with Crippen molar-refractivity contribution in [3.8, 4) is 0 Å². The van der Waals surface area contributed by atoms with Crippen LogP contribution in [0.5, 0.6) is 0 Å². The lowest BCUT2D eigenvalue weighted by atomic mass is 10.2. The van der Waals surface area contributed by atoms with Crippen LogP contribution in [-0.4, -0.2) is 42.1 Å². The summed E-state index contributed by atoms with van der Waals surface area (Å²) in [5.41, 5.74) is 0. The Morgan fingerprint density at radius 1 is 1.67 bits per heavy atom. The van der Waals surface area contributed by atoms with Gasteiger partial charge in [-0.2, -0.15) is 0 Å². The van der Waals surface area contributed by atoms with Crippen molar-refractivity contribution < 1.29 is 14.4 Å². The predicted molar refractivity (Wildman–Crippen MR) is 40.2 cm³/mol. The number of hydrogen-bond donors (Lipinski definition) is 1. The maximum absolute atomic E-state index is 11.0. The zero-order valence-electron chi connectivity index (χ0n) is 6.74. The summed E-state index contributed by atoms with van der Waals surface area (Å²) < 4.78 is 0. The molecule has 0 aromatic rings. The summed E-state index contributed by atoms with van der Waals surface area (Å²) in [6.07, 6.45) is 0.683. The highest BCUT2D eigenvalue weighted by atomic mass is 16.2. The van der Waals surface area contributed by atoms with Gasteiger partial charge in [0.1, 0.15) is 6.29 Å². The van der Waals surface area contributed by atoms with Crippen LogP contribution in [0.3, 0.4) is 0 Å². The van der Waals surface area contributed by atoms with Gasteiger partial charge in [0, 0.05) is 0 Å². The first-order chi connectivity index (χ1) is 5.65. The predicted octanol–water partition coefficient (Wildman–Crippen LogP) is -1.47.